The van der Waals surface area contributed by atoms with Gasteiger partial charge in [-0.1, -0.05) is 18.2 Å². The third-order valence-corrected chi connectivity index (χ3v) is 6.78. The molecule has 1 saturated carbocycles. The highest BCUT2D eigenvalue weighted by Crippen LogP contribution is 2.51. The number of amides is 1. The lowest BCUT2D eigenvalue weighted by molar-refractivity contribution is -0.211. The van der Waals surface area contributed by atoms with Gasteiger partial charge in [-0.05, 0) is 23.8 Å². The predicted molar refractivity (Wildman–Crippen MR) is 131 cm³/mol. The van der Waals surface area contributed by atoms with Crippen LogP contribution in [0.2, 0.25) is 0 Å². The van der Waals surface area contributed by atoms with E-state index in [1.165, 1.54) is 18.2 Å². The standard InChI is InChI=1S/C27H25NO12/c1-11(29)37-23-19-17(15-9-16-21(36-10-35-16)20(32)18(15)26(33)28-19)22(40-27(34)14-7-5-4-6-8-14)24(38-12(2)30)25(23)39-13(3)31/h4-9,17,19,22-25,32H,10H2,1-3H3,(H,28,33)/t17-,19-,22-,23+,24+,25+/m1/s1. The van der Waals surface area contributed by atoms with E-state index in [-0.39, 0.29) is 35.0 Å². The van der Waals surface area contributed by atoms with Crippen LogP contribution in [0.1, 0.15) is 53.0 Å². The summed E-state index contributed by atoms with van der Waals surface area (Å²) in [6.07, 6.45) is -5.76. The van der Waals surface area contributed by atoms with Gasteiger partial charge in [0.1, 0.15) is 0 Å². The summed E-state index contributed by atoms with van der Waals surface area (Å²) in [5.41, 5.74) is 0.123. The molecule has 0 saturated heterocycles. The summed E-state index contributed by atoms with van der Waals surface area (Å²) < 4.78 is 33.2. The van der Waals surface area contributed by atoms with Crippen LogP contribution in [0.4, 0.5) is 0 Å². The number of rotatable bonds is 5. The van der Waals surface area contributed by atoms with Crippen LogP contribution in [-0.2, 0) is 33.3 Å². The van der Waals surface area contributed by atoms with Crippen molar-refractivity contribution in [2.45, 2.75) is 57.1 Å². The van der Waals surface area contributed by atoms with Crippen LogP contribution in [0.25, 0.3) is 0 Å². The predicted octanol–water partition coefficient (Wildman–Crippen LogP) is 1.35. The first-order valence-corrected chi connectivity index (χ1v) is 12.3. The first-order valence-electron chi connectivity index (χ1n) is 12.3. The Balaban J connectivity index is 1.71. The van der Waals surface area contributed by atoms with E-state index in [0.29, 0.717) is 0 Å². The Kier molecular flexibility index (Phi) is 6.96. The monoisotopic (exact) mass is 555 g/mol. The van der Waals surface area contributed by atoms with Crippen molar-refractivity contribution in [1.29, 1.82) is 0 Å². The van der Waals surface area contributed by atoms with Crippen LogP contribution < -0.4 is 14.8 Å². The van der Waals surface area contributed by atoms with Crippen molar-refractivity contribution < 1.29 is 57.5 Å². The maximum absolute atomic E-state index is 13.3. The molecule has 40 heavy (non-hydrogen) atoms. The number of ether oxygens (including phenoxy) is 6. The highest BCUT2D eigenvalue weighted by atomic mass is 16.7. The van der Waals surface area contributed by atoms with Gasteiger partial charge in [0, 0.05) is 20.8 Å². The zero-order chi connectivity index (χ0) is 28.7. The van der Waals surface area contributed by atoms with Gasteiger partial charge >= 0.3 is 23.9 Å². The Morgan fingerprint density at radius 2 is 1.45 bits per heavy atom. The molecule has 2 heterocycles. The Bertz CT molecular complexity index is 1390. The van der Waals surface area contributed by atoms with Crippen LogP contribution in [0.15, 0.2) is 36.4 Å². The second-order valence-electron chi connectivity index (χ2n) is 9.41. The third kappa shape index (κ3) is 4.74. The number of hydrogen-bond donors (Lipinski definition) is 2. The molecule has 0 unspecified atom stereocenters. The van der Waals surface area contributed by atoms with E-state index in [1.54, 1.807) is 18.2 Å². The average Bonchev–Trinajstić information content (AvgIpc) is 3.37. The number of fused-ring (bicyclic) bond motifs is 4. The van der Waals surface area contributed by atoms with Crippen molar-refractivity contribution >= 4 is 29.8 Å². The number of phenols is 1. The molecule has 13 heteroatoms. The Labute approximate surface area is 227 Å². The third-order valence-electron chi connectivity index (χ3n) is 6.78. The van der Waals surface area contributed by atoms with E-state index in [4.69, 9.17) is 28.4 Å². The van der Waals surface area contributed by atoms with Crippen molar-refractivity contribution in [1.82, 2.24) is 5.32 Å². The van der Waals surface area contributed by atoms with E-state index in [1.807, 2.05) is 0 Å². The lowest BCUT2D eigenvalue weighted by atomic mass is 9.69. The van der Waals surface area contributed by atoms with Gasteiger partial charge in [0.25, 0.3) is 5.91 Å². The maximum Gasteiger partial charge on any atom is 0.338 e. The number of phenolic OH excluding ortho intramolecular Hbond substituents is 1. The Hall–Kier alpha value is -4.81. The number of aromatic hydroxyl groups is 1. The van der Waals surface area contributed by atoms with Crippen LogP contribution in [0, 0.1) is 0 Å². The molecule has 1 aliphatic carbocycles. The van der Waals surface area contributed by atoms with Crippen LogP contribution >= 0.6 is 0 Å². The molecule has 0 radical (unpaired) electrons. The van der Waals surface area contributed by atoms with Gasteiger partial charge in [-0.2, -0.15) is 0 Å². The highest BCUT2D eigenvalue weighted by molar-refractivity contribution is 6.02. The van der Waals surface area contributed by atoms with Crippen molar-refractivity contribution in [3.63, 3.8) is 0 Å². The van der Waals surface area contributed by atoms with Gasteiger partial charge in [-0.3, -0.25) is 19.2 Å². The number of carbonyl (C=O) groups excluding carboxylic acids is 5. The normalized spacial score (nSPS) is 25.9. The number of benzene rings is 2. The second kappa shape index (κ2) is 10.4. The van der Waals surface area contributed by atoms with E-state index in [9.17, 15) is 29.1 Å². The molecule has 2 aliphatic heterocycles. The first kappa shape index (κ1) is 26.8. The molecular formula is C27H25NO12. The number of hydrogen-bond acceptors (Lipinski definition) is 12. The molecule has 3 aliphatic rings. The zero-order valence-electron chi connectivity index (χ0n) is 21.6. The summed E-state index contributed by atoms with van der Waals surface area (Å²) in [6.45, 7) is 3.10. The molecule has 2 aromatic carbocycles. The fourth-order valence-corrected chi connectivity index (χ4v) is 5.39. The lowest BCUT2D eigenvalue weighted by Crippen LogP contribution is -2.69. The van der Waals surface area contributed by atoms with Gasteiger partial charge in [0.05, 0.1) is 23.1 Å². The van der Waals surface area contributed by atoms with Gasteiger partial charge in [-0.25, -0.2) is 4.79 Å². The molecule has 5 rings (SSSR count). The molecule has 2 aromatic rings. The molecule has 0 aromatic heterocycles. The van der Waals surface area contributed by atoms with Crippen LogP contribution in [0.5, 0.6) is 17.2 Å². The smallest absolute Gasteiger partial charge is 0.338 e. The van der Waals surface area contributed by atoms with Gasteiger partial charge in [-0.15, -0.1) is 0 Å². The quantitative estimate of drug-likeness (QED) is 0.401. The van der Waals surface area contributed by atoms with E-state index in [0.717, 1.165) is 20.8 Å². The SMILES string of the molecule is CC(=O)O[C@@H]1[C@@H](OC(C)=O)[C@H](OC(=O)c2ccccc2)[C@@H]2c3cc4c(c(O)c3C(=O)N[C@H]2[C@@H]1OC(C)=O)OCO4. The molecule has 210 valence electrons. The van der Waals surface area contributed by atoms with Crippen molar-refractivity contribution in [2.75, 3.05) is 6.79 Å². The summed E-state index contributed by atoms with van der Waals surface area (Å²) in [7, 11) is 0. The highest BCUT2D eigenvalue weighted by Gasteiger charge is 2.61. The van der Waals surface area contributed by atoms with Crippen molar-refractivity contribution in [3.8, 4) is 17.2 Å². The summed E-state index contributed by atoms with van der Waals surface area (Å²) in [5, 5.41) is 13.6. The van der Waals surface area contributed by atoms with Crippen LogP contribution in [0.3, 0.4) is 0 Å². The minimum Gasteiger partial charge on any atom is -0.504 e. The fraction of sp³-hybridized carbons (Fsp3) is 0.370. The van der Waals surface area contributed by atoms with E-state index < -0.39 is 71.9 Å². The van der Waals surface area contributed by atoms with E-state index in [2.05, 4.69) is 5.32 Å². The topological polar surface area (TPSA) is 173 Å². The number of esters is 4. The second-order valence-corrected chi connectivity index (χ2v) is 9.41. The summed E-state index contributed by atoms with van der Waals surface area (Å²) >= 11 is 0. The Morgan fingerprint density at radius 1 is 0.850 bits per heavy atom. The largest absolute Gasteiger partial charge is 0.504 e. The van der Waals surface area contributed by atoms with E-state index >= 15 is 0 Å². The minimum atomic E-state index is -1.49. The van der Waals surface area contributed by atoms with Gasteiger partial charge in [0.2, 0.25) is 12.5 Å². The molecule has 13 nitrogen and oxygen atoms in total. The molecule has 0 bridgehead atoms. The fourth-order valence-electron chi connectivity index (χ4n) is 5.39. The summed E-state index contributed by atoms with van der Waals surface area (Å²) in [5.74, 6) is -5.49. The van der Waals surface area contributed by atoms with Gasteiger partial charge in [0.15, 0.2) is 35.9 Å². The molecule has 2 N–H and O–H groups in total. The van der Waals surface area contributed by atoms with Crippen molar-refractivity contribution in [2.24, 2.45) is 0 Å². The molecule has 1 amide bonds. The number of carbonyl (C=O) groups is 5. The van der Waals surface area contributed by atoms with Crippen molar-refractivity contribution in [3.05, 3.63) is 53.1 Å². The first-order chi connectivity index (χ1) is 19.1. The maximum atomic E-state index is 13.3. The molecule has 1 fully saturated rings. The van der Waals surface area contributed by atoms with Gasteiger partial charge < -0.3 is 38.8 Å². The average molecular weight is 555 g/mol. The summed E-state index contributed by atoms with van der Waals surface area (Å²) in [6, 6.07) is 8.25. The minimum absolute atomic E-state index is 0.0492. The lowest BCUT2D eigenvalue weighted by Gasteiger charge is -2.50. The molecular weight excluding hydrogens is 530 g/mol. The Morgan fingerprint density at radius 3 is 2.08 bits per heavy atom. The summed E-state index contributed by atoms with van der Waals surface area (Å²) in [4.78, 5) is 63.2. The molecule has 0 spiro atoms. The molecule has 6 atom stereocenters. The zero-order valence-corrected chi connectivity index (χ0v) is 21.6. The van der Waals surface area contributed by atoms with Crippen LogP contribution in [-0.4, -0.2) is 72.1 Å². The number of nitrogens with one attached hydrogen (secondary N) is 1.